The summed E-state index contributed by atoms with van der Waals surface area (Å²) < 4.78 is 23.5. The predicted molar refractivity (Wildman–Crippen MR) is 186 cm³/mol. The first-order valence-corrected chi connectivity index (χ1v) is 17.0. The van der Waals surface area contributed by atoms with Gasteiger partial charge in [-0.25, -0.2) is 0 Å². The lowest BCUT2D eigenvalue weighted by molar-refractivity contribution is -0.147. The molecule has 2 amide bonds. The van der Waals surface area contributed by atoms with Crippen molar-refractivity contribution in [3.8, 4) is 11.5 Å². The molecule has 2 atom stereocenters. The van der Waals surface area contributed by atoms with Gasteiger partial charge in [0.15, 0.2) is 11.5 Å². The molecule has 1 saturated heterocycles. The van der Waals surface area contributed by atoms with Gasteiger partial charge in [-0.1, -0.05) is 67.9 Å². The average molecular weight is 693 g/mol. The van der Waals surface area contributed by atoms with E-state index < -0.39 is 17.6 Å². The van der Waals surface area contributed by atoms with Crippen LogP contribution < -0.4 is 14.4 Å². The second kappa shape index (κ2) is 16.1. The number of esters is 1. The Morgan fingerprint density at radius 1 is 0.959 bits per heavy atom. The van der Waals surface area contributed by atoms with Gasteiger partial charge in [-0.05, 0) is 48.6 Å². The number of carbonyl (C=O) groups excluding carboxylic acids is 3. The molecular weight excluding hydrogens is 648 g/mol. The fourth-order valence-electron chi connectivity index (χ4n) is 6.41. The van der Waals surface area contributed by atoms with Crippen molar-refractivity contribution >= 4 is 35.1 Å². The number of ether oxygens (including phenoxy) is 4. The molecule has 0 spiro atoms. The minimum atomic E-state index is -1.15. The van der Waals surface area contributed by atoms with Crippen LogP contribution in [0.25, 0.3) is 0 Å². The summed E-state index contributed by atoms with van der Waals surface area (Å²) in [6.45, 7) is 4.90. The van der Waals surface area contributed by atoms with Crippen LogP contribution in [0.1, 0.15) is 62.3 Å². The first-order valence-electron chi connectivity index (χ1n) is 16.6. The lowest BCUT2D eigenvalue weighted by atomic mass is 9.92. The highest BCUT2D eigenvalue weighted by Crippen LogP contribution is 2.45. The van der Waals surface area contributed by atoms with Crippen molar-refractivity contribution in [3.05, 3.63) is 88.4 Å². The van der Waals surface area contributed by atoms with Crippen LogP contribution in [0.2, 0.25) is 5.02 Å². The number of aliphatic hydroxyl groups excluding tert-OH is 1. The molecule has 10 nitrogen and oxygen atoms in total. The van der Waals surface area contributed by atoms with Gasteiger partial charge < -0.3 is 33.9 Å². The maximum absolute atomic E-state index is 14.4. The van der Waals surface area contributed by atoms with Crippen molar-refractivity contribution in [1.29, 1.82) is 0 Å². The molecule has 0 saturated carbocycles. The van der Waals surface area contributed by atoms with Crippen molar-refractivity contribution in [1.82, 2.24) is 4.90 Å². The molecule has 2 aliphatic heterocycles. The third-order valence-corrected chi connectivity index (χ3v) is 9.40. The number of methoxy groups -OCH3 is 2. The molecule has 0 unspecified atom stereocenters. The number of aliphatic hydroxyl groups is 1. The number of hydrogen-bond donors (Lipinski definition) is 1. The van der Waals surface area contributed by atoms with Gasteiger partial charge in [-0.2, -0.15) is 0 Å². The Labute approximate surface area is 292 Å². The minimum Gasteiger partial charge on any atom is -0.493 e. The maximum Gasteiger partial charge on any atom is 0.306 e. The highest BCUT2D eigenvalue weighted by atomic mass is 35.5. The summed E-state index contributed by atoms with van der Waals surface area (Å²) in [5.41, 5.74) is 2.08. The van der Waals surface area contributed by atoms with E-state index in [9.17, 15) is 19.5 Å². The van der Waals surface area contributed by atoms with Crippen LogP contribution in [-0.2, 0) is 30.5 Å². The fraction of sp³-hybridized carbons (Fsp3) is 0.447. The Morgan fingerprint density at radius 2 is 1.69 bits per heavy atom. The molecule has 49 heavy (non-hydrogen) atoms. The van der Waals surface area contributed by atoms with E-state index in [-0.39, 0.29) is 49.9 Å². The van der Waals surface area contributed by atoms with Crippen LogP contribution in [0.15, 0.2) is 66.7 Å². The van der Waals surface area contributed by atoms with Crippen molar-refractivity contribution in [3.63, 3.8) is 0 Å². The first-order chi connectivity index (χ1) is 23.5. The standard InChI is InChI=1S/C38H45ClN2O8/c1-38(2,24-42)23-41-30-14-13-27(39)20-29(30)35(28-11-8-12-31(46-3)36(28)47-4)49-32(37(41)45)21-33(43)40-17-15-25(16-18-40)19-34(44)48-22-26-9-6-5-7-10-26/h5-14,20,25,32,35,42H,15-19,21-24H2,1-4H3/t32-,35-/m1/s1. The number of piperidine rings is 1. The first kappa shape index (κ1) is 36.2. The largest absolute Gasteiger partial charge is 0.493 e. The lowest BCUT2D eigenvalue weighted by Gasteiger charge is -2.34. The van der Waals surface area contributed by atoms with E-state index in [1.54, 1.807) is 41.2 Å². The summed E-state index contributed by atoms with van der Waals surface area (Å²) in [6.07, 6.45) is -0.593. The van der Waals surface area contributed by atoms with Crippen molar-refractivity contribution in [2.75, 3.05) is 45.4 Å². The number of amides is 2. The molecule has 3 aromatic carbocycles. The van der Waals surface area contributed by atoms with E-state index in [2.05, 4.69) is 0 Å². The van der Waals surface area contributed by atoms with Crippen LogP contribution in [0.5, 0.6) is 11.5 Å². The summed E-state index contributed by atoms with van der Waals surface area (Å²) in [5, 5.41) is 10.6. The zero-order valence-electron chi connectivity index (χ0n) is 28.5. The Kier molecular flexibility index (Phi) is 11.9. The summed E-state index contributed by atoms with van der Waals surface area (Å²) in [7, 11) is 3.08. The van der Waals surface area contributed by atoms with E-state index in [0.29, 0.717) is 65.7 Å². The average Bonchev–Trinajstić information content (AvgIpc) is 3.21. The van der Waals surface area contributed by atoms with E-state index in [0.717, 1.165) is 5.56 Å². The quantitative estimate of drug-likeness (QED) is 0.232. The van der Waals surface area contributed by atoms with Crippen LogP contribution in [0.4, 0.5) is 5.69 Å². The van der Waals surface area contributed by atoms with Gasteiger partial charge in [0.2, 0.25) is 5.91 Å². The van der Waals surface area contributed by atoms with Gasteiger partial charge in [-0.15, -0.1) is 0 Å². The molecular formula is C38H45ClN2O8. The van der Waals surface area contributed by atoms with Crippen molar-refractivity contribution in [2.45, 2.75) is 58.3 Å². The Balaban J connectivity index is 1.35. The smallest absolute Gasteiger partial charge is 0.306 e. The van der Waals surface area contributed by atoms with Crippen LogP contribution in [0.3, 0.4) is 0 Å². The zero-order valence-corrected chi connectivity index (χ0v) is 29.3. The van der Waals surface area contributed by atoms with Gasteiger partial charge in [-0.3, -0.25) is 14.4 Å². The number of carbonyl (C=O) groups is 3. The number of hydrogen-bond acceptors (Lipinski definition) is 8. The molecule has 262 valence electrons. The molecule has 2 heterocycles. The number of anilines is 1. The van der Waals surface area contributed by atoms with E-state index in [1.807, 2.05) is 56.3 Å². The van der Waals surface area contributed by atoms with Gasteiger partial charge in [0.25, 0.3) is 5.91 Å². The van der Waals surface area contributed by atoms with Crippen LogP contribution in [0, 0.1) is 11.3 Å². The number of fused-ring (bicyclic) bond motifs is 1. The normalized spacial score (nSPS) is 18.4. The molecule has 5 rings (SSSR count). The Bertz CT molecular complexity index is 1620. The number of para-hydroxylation sites is 1. The number of nitrogens with zero attached hydrogens (tertiary/aromatic N) is 2. The zero-order chi connectivity index (χ0) is 35.1. The maximum atomic E-state index is 14.4. The predicted octanol–water partition coefficient (Wildman–Crippen LogP) is 5.96. The number of likely N-dealkylation sites (tertiary alicyclic amines) is 1. The number of rotatable bonds is 12. The van der Waals surface area contributed by atoms with E-state index >= 15 is 0 Å². The fourth-order valence-corrected chi connectivity index (χ4v) is 6.59. The summed E-state index contributed by atoms with van der Waals surface area (Å²) in [4.78, 5) is 44.1. The monoisotopic (exact) mass is 692 g/mol. The highest BCUT2D eigenvalue weighted by Gasteiger charge is 2.41. The molecule has 1 N–H and O–H groups in total. The van der Waals surface area contributed by atoms with Crippen LogP contribution >= 0.6 is 11.6 Å². The molecule has 0 aromatic heterocycles. The molecule has 1 fully saturated rings. The summed E-state index contributed by atoms with van der Waals surface area (Å²) in [5.74, 6) is 0.163. The molecule has 0 bridgehead atoms. The minimum absolute atomic E-state index is 0.100. The number of benzene rings is 3. The number of halogens is 1. The third-order valence-electron chi connectivity index (χ3n) is 9.16. The molecule has 2 aliphatic rings. The van der Waals surface area contributed by atoms with Crippen molar-refractivity contribution < 1.29 is 38.4 Å². The second-order valence-electron chi connectivity index (χ2n) is 13.4. The lowest BCUT2D eigenvalue weighted by Crippen LogP contribution is -2.47. The van der Waals surface area contributed by atoms with Gasteiger partial charge >= 0.3 is 5.97 Å². The van der Waals surface area contributed by atoms with Gasteiger partial charge in [0.05, 0.1) is 20.6 Å². The highest BCUT2D eigenvalue weighted by molar-refractivity contribution is 6.30. The Hall–Kier alpha value is -4.12. The van der Waals surface area contributed by atoms with Crippen LogP contribution in [-0.4, -0.2) is 74.4 Å². The third kappa shape index (κ3) is 8.73. The summed E-state index contributed by atoms with van der Waals surface area (Å²) in [6, 6.07) is 20.2. The topological polar surface area (TPSA) is 115 Å². The second-order valence-corrected chi connectivity index (χ2v) is 13.9. The Morgan fingerprint density at radius 3 is 2.37 bits per heavy atom. The van der Waals surface area contributed by atoms with Gasteiger partial charge in [0, 0.05) is 59.9 Å². The molecule has 3 aromatic rings. The molecule has 11 heteroatoms. The van der Waals surface area contributed by atoms with E-state index in [4.69, 9.17) is 30.5 Å². The van der Waals surface area contributed by atoms with Gasteiger partial charge in [0.1, 0.15) is 18.8 Å². The molecule has 0 aliphatic carbocycles. The summed E-state index contributed by atoms with van der Waals surface area (Å²) >= 11 is 6.53. The molecule has 0 radical (unpaired) electrons. The van der Waals surface area contributed by atoms with E-state index in [1.165, 1.54) is 7.11 Å². The van der Waals surface area contributed by atoms with Crippen molar-refractivity contribution in [2.24, 2.45) is 11.3 Å². The SMILES string of the molecule is COc1cccc([C@H]2O[C@H](CC(=O)N3CCC(CC(=O)OCc4ccccc4)CC3)C(=O)N(CC(C)(C)CO)c3ccc(Cl)cc32)c1OC.